The molecule has 0 amide bonds. The summed E-state index contributed by atoms with van der Waals surface area (Å²) in [6, 6.07) is 3.10. The van der Waals surface area contributed by atoms with Gasteiger partial charge >= 0.3 is 5.97 Å². The molecule has 1 aromatic carbocycles. The van der Waals surface area contributed by atoms with Crippen LogP contribution in [0.5, 0.6) is 5.75 Å². The zero-order valence-electron chi connectivity index (χ0n) is 9.84. The summed E-state index contributed by atoms with van der Waals surface area (Å²) in [5.74, 6) is -0.158. The first kappa shape index (κ1) is 15.6. The maximum Gasteiger partial charge on any atom is 0.339 e. The van der Waals surface area contributed by atoms with Gasteiger partial charge in [-0.15, -0.1) is 0 Å². The topological polar surface area (TPSA) is 35.5 Å². The van der Waals surface area contributed by atoms with E-state index < -0.39 is 5.97 Å². The van der Waals surface area contributed by atoms with Crippen LogP contribution < -0.4 is 4.74 Å². The van der Waals surface area contributed by atoms with Crippen LogP contribution in [0.25, 0.3) is 0 Å². The van der Waals surface area contributed by atoms with Crippen LogP contribution in [0, 0.1) is 0 Å². The van der Waals surface area contributed by atoms with Crippen molar-refractivity contribution in [1.29, 1.82) is 0 Å². The molecule has 0 aliphatic heterocycles. The van der Waals surface area contributed by atoms with Crippen molar-refractivity contribution >= 4 is 45.1 Å². The molecule has 0 aromatic heterocycles. The van der Waals surface area contributed by atoms with Gasteiger partial charge in [0.1, 0.15) is 0 Å². The molecule has 100 valence electrons. The lowest BCUT2D eigenvalue weighted by Gasteiger charge is -2.12. The monoisotopic (exact) mass is 354 g/mol. The van der Waals surface area contributed by atoms with Crippen LogP contribution in [0.1, 0.15) is 23.7 Å². The average Bonchev–Trinajstić information content (AvgIpc) is 2.33. The number of halogens is 3. The van der Waals surface area contributed by atoms with Gasteiger partial charge in [-0.25, -0.2) is 4.79 Å². The van der Waals surface area contributed by atoms with E-state index >= 15 is 0 Å². The Morgan fingerprint density at radius 1 is 1.39 bits per heavy atom. The highest BCUT2D eigenvalue weighted by molar-refractivity contribution is 9.09. The lowest BCUT2D eigenvalue weighted by molar-refractivity contribution is 0.0526. The Bertz CT molecular complexity index is 424. The van der Waals surface area contributed by atoms with E-state index in [1.165, 1.54) is 6.07 Å². The zero-order chi connectivity index (χ0) is 13.5. The second-order valence-corrected chi connectivity index (χ2v) is 4.93. The molecule has 0 saturated carbocycles. The van der Waals surface area contributed by atoms with E-state index in [1.54, 1.807) is 13.0 Å². The molecule has 0 saturated heterocycles. The summed E-state index contributed by atoms with van der Waals surface area (Å²) in [4.78, 5) is 11.6. The summed E-state index contributed by atoms with van der Waals surface area (Å²) >= 11 is 15.4. The van der Waals surface area contributed by atoms with Crippen LogP contribution in [0.3, 0.4) is 0 Å². The van der Waals surface area contributed by atoms with Crippen molar-refractivity contribution in [3.8, 4) is 5.75 Å². The molecular weight excluding hydrogens is 343 g/mol. The van der Waals surface area contributed by atoms with Crippen molar-refractivity contribution in [2.75, 3.05) is 18.5 Å². The maximum absolute atomic E-state index is 11.6. The third kappa shape index (κ3) is 4.04. The number of benzene rings is 1. The van der Waals surface area contributed by atoms with Crippen LogP contribution in [0.2, 0.25) is 10.0 Å². The van der Waals surface area contributed by atoms with E-state index in [0.717, 1.165) is 11.8 Å². The summed E-state index contributed by atoms with van der Waals surface area (Å²) in [5.41, 5.74) is 0.261. The Morgan fingerprint density at radius 2 is 2.11 bits per heavy atom. The molecule has 6 heteroatoms. The van der Waals surface area contributed by atoms with E-state index in [2.05, 4.69) is 15.9 Å². The highest BCUT2D eigenvalue weighted by atomic mass is 79.9. The molecule has 18 heavy (non-hydrogen) atoms. The normalized spacial score (nSPS) is 10.2. The quantitative estimate of drug-likeness (QED) is 0.432. The van der Waals surface area contributed by atoms with Crippen LogP contribution in [0.4, 0.5) is 0 Å². The van der Waals surface area contributed by atoms with Crippen molar-refractivity contribution in [2.24, 2.45) is 0 Å². The highest BCUT2D eigenvalue weighted by Gasteiger charge is 2.18. The van der Waals surface area contributed by atoms with Crippen molar-refractivity contribution < 1.29 is 14.3 Å². The Labute approximate surface area is 124 Å². The number of hydrogen-bond acceptors (Lipinski definition) is 3. The minimum Gasteiger partial charge on any atom is -0.490 e. The van der Waals surface area contributed by atoms with Gasteiger partial charge in [-0.05, 0) is 25.5 Å². The number of carbonyl (C=O) groups excluding carboxylic acids is 1. The van der Waals surface area contributed by atoms with Gasteiger partial charge in [0, 0.05) is 5.33 Å². The molecule has 0 atom stereocenters. The van der Waals surface area contributed by atoms with E-state index in [-0.39, 0.29) is 17.2 Å². The predicted octanol–water partition coefficient (Wildman–Crippen LogP) is 4.33. The number of ether oxygens (including phenoxy) is 2. The summed E-state index contributed by atoms with van der Waals surface area (Å²) in [7, 11) is 0. The van der Waals surface area contributed by atoms with Gasteiger partial charge in [-0.2, -0.15) is 0 Å². The molecule has 0 N–H and O–H groups in total. The molecule has 1 rings (SSSR count). The minimum absolute atomic E-state index is 0.190. The second kappa shape index (κ2) is 7.87. The molecule has 0 heterocycles. The van der Waals surface area contributed by atoms with Crippen molar-refractivity contribution in [3.05, 3.63) is 27.7 Å². The van der Waals surface area contributed by atoms with Gasteiger partial charge in [-0.1, -0.05) is 39.1 Å². The van der Waals surface area contributed by atoms with Gasteiger partial charge in [0.25, 0.3) is 0 Å². The summed E-state index contributed by atoms with van der Waals surface area (Å²) in [6.07, 6.45) is 0.816. The SMILES string of the molecule is CCOC(=O)c1ccc(Cl)c(OCCCBr)c1Cl. The molecule has 0 unspecified atom stereocenters. The zero-order valence-corrected chi connectivity index (χ0v) is 12.9. The molecule has 0 aliphatic carbocycles. The lowest BCUT2D eigenvalue weighted by Crippen LogP contribution is -2.07. The lowest BCUT2D eigenvalue weighted by atomic mass is 10.2. The van der Waals surface area contributed by atoms with Gasteiger partial charge in [0.2, 0.25) is 0 Å². The summed E-state index contributed by atoms with van der Waals surface area (Å²) in [5, 5.41) is 1.39. The van der Waals surface area contributed by atoms with E-state index in [0.29, 0.717) is 17.4 Å². The van der Waals surface area contributed by atoms with E-state index in [1.807, 2.05) is 0 Å². The Balaban J connectivity index is 2.95. The minimum atomic E-state index is -0.482. The molecule has 0 fully saturated rings. The number of rotatable bonds is 6. The van der Waals surface area contributed by atoms with Gasteiger partial charge in [-0.3, -0.25) is 0 Å². The standard InChI is InChI=1S/C12H13BrCl2O3/c1-2-17-12(16)8-4-5-9(14)11(10(8)15)18-7-3-6-13/h4-5H,2-3,6-7H2,1H3. The molecule has 3 nitrogen and oxygen atoms in total. The van der Waals surface area contributed by atoms with Crippen LogP contribution in [0.15, 0.2) is 12.1 Å². The van der Waals surface area contributed by atoms with Gasteiger partial charge < -0.3 is 9.47 Å². The smallest absolute Gasteiger partial charge is 0.339 e. The Hall–Kier alpha value is -0.450. The van der Waals surface area contributed by atoms with Crippen molar-refractivity contribution in [3.63, 3.8) is 0 Å². The number of carbonyl (C=O) groups is 1. The fourth-order valence-corrected chi connectivity index (χ4v) is 2.05. The molecular formula is C12H13BrCl2O3. The first-order valence-corrected chi connectivity index (χ1v) is 7.33. The predicted molar refractivity (Wildman–Crippen MR) is 76.3 cm³/mol. The van der Waals surface area contributed by atoms with Gasteiger partial charge in [0.15, 0.2) is 5.75 Å². The van der Waals surface area contributed by atoms with Crippen LogP contribution in [-0.4, -0.2) is 24.5 Å². The summed E-state index contributed by atoms with van der Waals surface area (Å²) in [6.45, 7) is 2.49. The Kier molecular flexibility index (Phi) is 6.82. The number of hydrogen-bond donors (Lipinski definition) is 0. The number of alkyl halides is 1. The Morgan fingerprint density at radius 3 is 2.72 bits per heavy atom. The molecule has 0 spiro atoms. The fourth-order valence-electron chi connectivity index (χ4n) is 1.26. The number of esters is 1. The summed E-state index contributed by atoms with van der Waals surface area (Å²) < 4.78 is 10.4. The van der Waals surface area contributed by atoms with E-state index in [9.17, 15) is 4.79 Å². The molecule has 1 aromatic rings. The van der Waals surface area contributed by atoms with Crippen molar-refractivity contribution in [1.82, 2.24) is 0 Å². The third-order valence-corrected chi connectivity index (χ3v) is 3.30. The first-order valence-electron chi connectivity index (χ1n) is 5.45. The average molecular weight is 356 g/mol. The second-order valence-electron chi connectivity index (χ2n) is 3.35. The molecule has 0 bridgehead atoms. The largest absolute Gasteiger partial charge is 0.490 e. The van der Waals surface area contributed by atoms with Crippen LogP contribution >= 0.6 is 39.1 Å². The maximum atomic E-state index is 11.6. The van der Waals surface area contributed by atoms with Gasteiger partial charge in [0.05, 0.1) is 28.8 Å². The third-order valence-electron chi connectivity index (χ3n) is 2.07. The first-order chi connectivity index (χ1) is 8.61. The van der Waals surface area contributed by atoms with E-state index in [4.69, 9.17) is 32.7 Å². The molecule has 0 radical (unpaired) electrons. The fraction of sp³-hybridized carbons (Fsp3) is 0.417. The molecule has 0 aliphatic rings. The highest BCUT2D eigenvalue weighted by Crippen LogP contribution is 2.36. The van der Waals surface area contributed by atoms with Crippen molar-refractivity contribution in [2.45, 2.75) is 13.3 Å². The van der Waals surface area contributed by atoms with Crippen LogP contribution in [-0.2, 0) is 4.74 Å².